The topological polar surface area (TPSA) is 9.29 Å². The predicted octanol–water partition coefficient (Wildman–Crippen LogP) is 10.3. The van der Waals surface area contributed by atoms with Crippen molar-refractivity contribution in [2.24, 2.45) is 0 Å². The van der Waals surface area contributed by atoms with Gasteiger partial charge in [-0.25, -0.2) is 4.85 Å². The fraction of sp³-hybridized carbons (Fsp3) is 0. The molecule has 1 heterocycles. The standard InChI is InChI=1S/C37H24N2/c1-38-32-23-31(24-33(25-32)39-36-18-10-8-16-34(36)35-17-9-11-19-37(35)39)30-21-28(26-12-4-2-5-13-26)20-29(22-30)27-14-6-3-7-15-27/h2-25H. The lowest BCUT2D eigenvalue weighted by molar-refractivity contribution is 1.18. The van der Waals surface area contributed by atoms with Crippen LogP contribution in [-0.4, -0.2) is 4.57 Å². The lowest BCUT2D eigenvalue weighted by Crippen LogP contribution is -1.94. The maximum atomic E-state index is 7.92. The van der Waals surface area contributed by atoms with E-state index in [1.807, 2.05) is 24.3 Å². The summed E-state index contributed by atoms with van der Waals surface area (Å²) >= 11 is 0. The summed E-state index contributed by atoms with van der Waals surface area (Å²) in [7, 11) is 0. The summed E-state index contributed by atoms with van der Waals surface area (Å²) in [6.45, 7) is 7.92. The maximum Gasteiger partial charge on any atom is 0.189 e. The zero-order valence-corrected chi connectivity index (χ0v) is 21.3. The van der Waals surface area contributed by atoms with E-state index in [0.29, 0.717) is 5.69 Å². The van der Waals surface area contributed by atoms with E-state index in [-0.39, 0.29) is 0 Å². The Hall–Kier alpha value is -5.39. The Morgan fingerprint density at radius 2 is 0.846 bits per heavy atom. The first-order chi connectivity index (χ1) is 19.3. The lowest BCUT2D eigenvalue weighted by Gasteiger charge is -2.14. The summed E-state index contributed by atoms with van der Waals surface area (Å²) in [6, 6.07) is 50.9. The number of rotatable bonds is 4. The van der Waals surface area contributed by atoms with Crippen molar-refractivity contribution in [3.63, 3.8) is 0 Å². The van der Waals surface area contributed by atoms with Crippen LogP contribution in [0.1, 0.15) is 0 Å². The molecule has 7 aromatic rings. The highest BCUT2D eigenvalue weighted by Crippen LogP contribution is 2.38. The van der Waals surface area contributed by atoms with Crippen LogP contribution in [-0.2, 0) is 0 Å². The maximum absolute atomic E-state index is 7.92. The van der Waals surface area contributed by atoms with Gasteiger partial charge in [-0.05, 0) is 81.9 Å². The lowest BCUT2D eigenvalue weighted by atomic mass is 9.93. The summed E-state index contributed by atoms with van der Waals surface area (Å²) in [5.41, 5.74) is 10.6. The fourth-order valence-corrected chi connectivity index (χ4v) is 5.54. The minimum absolute atomic E-state index is 0.621. The molecule has 182 valence electrons. The molecule has 0 saturated heterocycles. The Labute approximate surface area is 227 Å². The van der Waals surface area contributed by atoms with Crippen LogP contribution in [0.3, 0.4) is 0 Å². The molecule has 0 atom stereocenters. The summed E-state index contributed by atoms with van der Waals surface area (Å²) in [6.07, 6.45) is 0. The predicted molar refractivity (Wildman–Crippen MR) is 163 cm³/mol. The quantitative estimate of drug-likeness (QED) is 0.214. The van der Waals surface area contributed by atoms with Crippen molar-refractivity contribution in [2.75, 3.05) is 0 Å². The molecule has 6 aromatic carbocycles. The Bertz CT molecular complexity index is 1900. The molecule has 0 fully saturated rings. The summed E-state index contributed by atoms with van der Waals surface area (Å²) in [4.78, 5) is 3.89. The van der Waals surface area contributed by atoms with Crippen LogP contribution in [0.2, 0.25) is 0 Å². The van der Waals surface area contributed by atoms with Crippen LogP contribution in [0.4, 0.5) is 5.69 Å². The Morgan fingerprint density at radius 1 is 0.410 bits per heavy atom. The second kappa shape index (κ2) is 9.49. The molecule has 0 aliphatic heterocycles. The van der Waals surface area contributed by atoms with Gasteiger partial charge in [0.15, 0.2) is 5.69 Å². The Morgan fingerprint density at radius 3 is 1.36 bits per heavy atom. The zero-order valence-electron chi connectivity index (χ0n) is 21.3. The Kier molecular flexibility index (Phi) is 5.54. The first-order valence-electron chi connectivity index (χ1n) is 13.1. The average Bonchev–Trinajstić information content (AvgIpc) is 3.36. The van der Waals surface area contributed by atoms with Gasteiger partial charge in [-0.3, -0.25) is 0 Å². The van der Waals surface area contributed by atoms with Gasteiger partial charge in [0.25, 0.3) is 0 Å². The summed E-state index contributed by atoms with van der Waals surface area (Å²) < 4.78 is 2.28. The van der Waals surface area contributed by atoms with E-state index in [9.17, 15) is 0 Å². The third kappa shape index (κ3) is 4.07. The van der Waals surface area contributed by atoms with E-state index in [4.69, 9.17) is 6.57 Å². The second-order valence-electron chi connectivity index (χ2n) is 9.75. The SMILES string of the molecule is [C-]#[N+]c1cc(-c2cc(-c3ccccc3)cc(-c3ccccc3)c2)cc(-n2c3ccccc3c3ccccc32)c1. The fourth-order valence-electron chi connectivity index (χ4n) is 5.54. The third-order valence-corrected chi connectivity index (χ3v) is 7.35. The largest absolute Gasteiger partial charge is 0.310 e. The first-order valence-corrected chi connectivity index (χ1v) is 13.1. The highest BCUT2D eigenvalue weighted by Gasteiger charge is 2.14. The van der Waals surface area contributed by atoms with Crippen molar-refractivity contribution in [1.82, 2.24) is 4.57 Å². The number of nitrogens with zero attached hydrogens (tertiary/aromatic N) is 2. The van der Waals surface area contributed by atoms with Gasteiger partial charge in [-0.1, -0.05) is 97.1 Å². The van der Waals surface area contributed by atoms with Crippen molar-refractivity contribution in [1.29, 1.82) is 0 Å². The number of aromatic nitrogens is 1. The van der Waals surface area contributed by atoms with Crippen LogP contribution >= 0.6 is 0 Å². The van der Waals surface area contributed by atoms with Gasteiger partial charge in [0.05, 0.1) is 17.6 Å². The zero-order chi connectivity index (χ0) is 26.2. The average molecular weight is 497 g/mol. The molecule has 2 nitrogen and oxygen atoms in total. The van der Waals surface area contributed by atoms with Gasteiger partial charge < -0.3 is 4.57 Å². The molecule has 0 bridgehead atoms. The van der Waals surface area contributed by atoms with Gasteiger partial charge in [-0.2, -0.15) is 0 Å². The molecular weight excluding hydrogens is 472 g/mol. The van der Waals surface area contributed by atoms with Gasteiger partial charge in [-0.15, -0.1) is 0 Å². The van der Waals surface area contributed by atoms with Gasteiger partial charge in [0, 0.05) is 16.5 Å². The van der Waals surface area contributed by atoms with Gasteiger partial charge in [0.1, 0.15) is 0 Å². The minimum Gasteiger partial charge on any atom is -0.310 e. The number of benzene rings is 6. The van der Waals surface area contributed by atoms with E-state index in [1.165, 1.54) is 21.9 Å². The van der Waals surface area contributed by atoms with E-state index < -0.39 is 0 Å². The second-order valence-corrected chi connectivity index (χ2v) is 9.75. The molecule has 7 rings (SSSR count). The molecular formula is C37H24N2. The number of hydrogen-bond donors (Lipinski definition) is 0. The van der Waals surface area contributed by atoms with Crippen molar-refractivity contribution < 1.29 is 0 Å². The minimum atomic E-state index is 0.621. The molecule has 0 aliphatic rings. The molecule has 0 amide bonds. The number of fused-ring (bicyclic) bond motifs is 3. The number of hydrogen-bond acceptors (Lipinski definition) is 0. The van der Waals surface area contributed by atoms with E-state index in [1.54, 1.807) is 0 Å². The molecule has 39 heavy (non-hydrogen) atoms. The molecule has 0 aliphatic carbocycles. The van der Waals surface area contributed by atoms with Crippen LogP contribution in [0.25, 0.3) is 65.7 Å². The molecule has 0 unspecified atom stereocenters. The van der Waals surface area contributed by atoms with Crippen molar-refractivity contribution in [3.05, 3.63) is 157 Å². The van der Waals surface area contributed by atoms with Crippen LogP contribution < -0.4 is 0 Å². The van der Waals surface area contributed by atoms with E-state index in [0.717, 1.165) is 39.0 Å². The molecule has 0 N–H and O–H groups in total. The molecule has 2 heteroatoms. The summed E-state index contributed by atoms with van der Waals surface area (Å²) in [5.74, 6) is 0. The van der Waals surface area contributed by atoms with E-state index in [2.05, 4.69) is 131 Å². The summed E-state index contributed by atoms with van der Waals surface area (Å²) in [5, 5.41) is 2.42. The Balaban J connectivity index is 1.49. The highest BCUT2D eigenvalue weighted by atomic mass is 15.0. The van der Waals surface area contributed by atoms with Crippen LogP contribution in [0, 0.1) is 6.57 Å². The van der Waals surface area contributed by atoms with Gasteiger partial charge in [0.2, 0.25) is 0 Å². The molecule has 1 aromatic heterocycles. The van der Waals surface area contributed by atoms with Crippen LogP contribution in [0.5, 0.6) is 0 Å². The first kappa shape index (κ1) is 22.8. The highest BCUT2D eigenvalue weighted by molar-refractivity contribution is 6.09. The normalized spacial score (nSPS) is 11.1. The smallest absolute Gasteiger partial charge is 0.189 e. The monoisotopic (exact) mass is 496 g/mol. The van der Waals surface area contributed by atoms with E-state index >= 15 is 0 Å². The third-order valence-electron chi connectivity index (χ3n) is 7.35. The van der Waals surface area contributed by atoms with Gasteiger partial charge >= 0.3 is 0 Å². The van der Waals surface area contributed by atoms with Crippen molar-refractivity contribution in [3.8, 4) is 39.1 Å². The van der Waals surface area contributed by atoms with Crippen LogP contribution in [0.15, 0.2) is 146 Å². The molecule has 0 saturated carbocycles. The van der Waals surface area contributed by atoms with Crippen molar-refractivity contribution >= 4 is 27.5 Å². The molecule has 0 radical (unpaired) electrons. The van der Waals surface area contributed by atoms with Crippen molar-refractivity contribution in [2.45, 2.75) is 0 Å². The molecule has 0 spiro atoms. The number of para-hydroxylation sites is 2.